The summed E-state index contributed by atoms with van der Waals surface area (Å²) in [5.74, 6) is -1.51. The van der Waals surface area contributed by atoms with E-state index in [1.165, 1.54) is 12.1 Å². The molecule has 0 unspecified atom stereocenters. The number of nitriles is 1. The van der Waals surface area contributed by atoms with Gasteiger partial charge in [0.05, 0.1) is 17.9 Å². The standard InChI is InChI=1S/C13H9FN6O4/c14-9-2-1-8(5-7(9)6-15)20-12(19-23-13(20)22)10-11(16-3-4-21)18-24-17-10/h1-2,5,21H,3-4H2,(H,16,18). The molecule has 122 valence electrons. The number of hydrogen-bond donors (Lipinski definition) is 2. The summed E-state index contributed by atoms with van der Waals surface area (Å²) in [6.45, 7) is -0.000160. The van der Waals surface area contributed by atoms with Crippen molar-refractivity contribution in [3.8, 4) is 23.3 Å². The lowest BCUT2D eigenvalue weighted by Gasteiger charge is -2.05. The molecule has 0 saturated heterocycles. The molecule has 0 aliphatic rings. The highest BCUT2D eigenvalue weighted by molar-refractivity contribution is 5.66. The van der Waals surface area contributed by atoms with Crippen molar-refractivity contribution in [1.29, 1.82) is 5.26 Å². The summed E-state index contributed by atoms with van der Waals surface area (Å²) < 4.78 is 23.7. The summed E-state index contributed by atoms with van der Waals surface area (Å²) in [5, 5.41) is 31.4. The van der Waals surface area contributed by atoms with E-state index in [0.717, 1.165) is 10.6 Å². The molecule has 0 aliphatic carbocycles. The minimum Gasteiger partial charge on any atom is -0.395 e. The van der Waals surface area contributed by atoms with Gasteiger partial charge in [0.2, 0.25) is 11.6 Å². The fourth-order valence-electron chi connectivity index (χ4n) is 1.99. The van der Waals surface area contributed by atoms with Crippen molar-refractivity contribution < 1.29 is 18.6 Å². The Morgan fingerprint density at radius 1 is 1.38 bits per heavy atom. The highest BCUT2D eigenvalue weighted by Gasteiger charge is 2.23. The van der Waals surface area contributed by atoms with Gasteiger partial charge < -0.3 is 10.4 Å². The molecule has 0 bridgehead atoms. The smallest absolute Gasteiger partial charge is 0.395 e. The van der Waals surface area contributed by atoms with Crippen molar-refractivity contribution in [2.45, 2.75) is 0 Å². The number of benzene rings is 1. The summed E-state index contributed by atoms with van der Waals surface area (Å²) in [6, 6.07) is 5.18. The average Bonchev–Trinajstić information content (AvgIpc) is 3.19. The Balaban J connectivity index is 2.13. The first-order valence-electron chi connectivity index (χ1n) is 6.62. The van der Waals surface area contributed by atoms with Crippen LogP contribution in [0.4, 0.5) is 10.2 Å². The molecule has 0 saturated carbocycles. The van der Waals surface area contributed by atoms with Crippen LogP contribution < -0.4 is 11.1 Å². The van der Waals surface area contributed by atoms with Crippen molar-refractivity contribution >= 4 is 5.82 Å². The Bertz CT molecular complexity index is 969. The summed E-state index contributed by atoms with van der Waals surface area (Å²) in [7, 11) is 0. The Hall–Kier alpha value is -3.52. The molecule has 11 heteroatoms. The van der Waals surface area contributed by atoms with Crippen LogP contribution in [0.1, 0.15) is 5.56 Å². The van der Waals surface area contributed by atoms with Crippen LogP contribution >= 0.6 is 0 Å². The molecule has 0 atom stereocenters. The number of aliphatic hydroxyl groups excluding tert-OH is 1. The number of rotatable bonds is 5. The van der Waals surface area contributed by atoms with E-state index in [0.29, 0.717) is 0 Å². The lowest BCUT2D eigenvalue weighted by Crippen LogP contribution is -2.14. The predicted molar refractivity (Wildman–Crippen MR) is 75.6 cm³/mol. The first-order valence-corrected chi connectivity index (χ1v) is 6.62. The number of aromatic nitrogens is 4. The molecule has 2 N–H and O–H groups in total. The normalized spacial score (nSPS) is 10.5. The van der Waals surface area contributed by atoms with Gasteiger partial charge in [0, 0.05) is 6.54 Å². The van der Waals surface area contributed by atoms with E-state index in [-0.39, 0.29) is 41.7 Å². The van der Waals surface area contributed by atoms with E-state index in [9.17, 15) is 9.18 Å². The van der Waals surface area contributed by atoms with E-state index in [4.69, 9.17) is 10.4 Å². The summed E-state index contributed by atoms with van der Waals surface area (Å²) in [5.41, 5.74) is -0.0362. The van der Waals surface area contributed by atoms with Gasteiger partial charge in [-0.15, -0.1) is 0 Å². The Morgan fingerprint density at radius 3 is 2.96 bits per heavy atom. The van der Waals surface area contributed by atoms with Gasteiger partial charge in [-0.3, -0.25) is 4.52 Å². The number of anilines is 1. The SMILES string of the molecule is N#Cc1cc(-n2c(-c3nonc3NCCO)noc2=O)ccc1F. The molecular formula is C13H9FN6O4. The molecule has 3 rings (SSSR count). The average molecular weight is 332 g/mol. The third-order valence-corrected chi connectivity index (χ3v) is 3.04. The zero-order chi connectivity index (χ0) is 17.1. The van der Waals surface area contributed by atoms with Gasteiger partial charge in [-0.05, 0) is 28.5 Å². The molecule has 10 nitrogen and oxygen atoms in total. The molecule has 0 spiro atoms. The van der Waals surface area contributed by atoms with Gasteiger partial charge in [-0.2, -0.15) is 5.26 Å². The fraction of sp³-hybridized carbons (Fsp3) is 0.154. The molecule has 2 aromatic heterocycles. The molecule has 0 amide bonds. The number of nitrogens with one attached hydrogen (secondary N) is 1. The number of hydrogen-bond acceptors (Lipinski definition) is 9. The van der Waals surface area contributed by atoms with E-state index in [1.54, 1.807) is 6.07 Å². The lowest BCUT2D eigenvalue weighted by atomic mass is 10.2. The zero-order valence-electron chi connectivity index (χ0n) is 11.9. The molecule has 0 aliphatic heterocycles. The van der Waals surface area contributed by atoms with Crippen LogP contribution in [0.2, 0.25) is 0 Å². The van der Waals surface area contributed by atoms with Crippen LogP contribution in [0, 0.1) is 17.1 Å². The molecule has 0 radical (unpaired) electrons. The van der Waals surface area contributed by atoms with Crippen molar-refractivity contribution in [3.63, 3.8) is 0 Å². The predicted octanol–water partition coefficient (Wildman–Crippen LogP) is 0.290. The maximum absolute atomic E-state index is 13.5. The third kappa shape index (κ3) is 2.61. The van der Waals surface area contributed by atoms with Crippen LogP contribution in [0.3, 0.4) is 0 Å². The fourth-order valence-corrected chi connectivity index (χ4v) is 1.99. The lowest BCUT2D eigenvalue weighted by molar-refractivity contribution is 0.304. The molecule has 0 fully saturated rings. The molecule has 24 heavy (non-hydrogen) atoms. The second-order valence-corrected chi connectivity index (χ2v) is 4.50. The first-order chi connectivity index (χ1) is 11.7. The molecular weight excluding hydrogens is 323 g/mol. The maximum atomic E-state index is 13.5. The summed E-state index contributed by atoms with van der Waals surface area (Å²) >= 11 is 0. The van der Waals surface area contributed by atoms with E-state index < -0.39 is 11.6 Å². The molecule has 3 aromatic rings. The maximum Gasteiger partial charge on any atom is 0.446 e. The Labute approximate surface area is 132 Å². The molecule has 1 aromatic carbocycles. The van der Waals surface area contributed by atoms with Crippen molar-refractivity contribution in [1.82, 2.24) is 20.0 Å². The minimum atomic E-state index is -0.864. The van der Waals surface area contributed by atoms with Crippen molar-refractivity contribution in [2.24, 2.45) is 0 Å². The zero-order valence-corrected chi connectivity index (χ0v) is 11.9. The van der Waals surface area contributed by atoms with Gasteiger partial charge >= 0.3 is 5.76 Å². The van der Waals surface area contributed by atoms with Crippen LogP contribution in [0.5, 0.6) is 0 Å². The topological polar surface area (TPSA) is 143 Å². The second-order valence-electron chi connectivity index (χ2n) is 4.50. The van der Waals surface area contributed by atoms with E-state index in [2.05, 4.69) is 29.9 Å². The quantitative estimate of drug-likeness (QED) is 0.673. The number of aliphatic hydroxyl groups is 1. The van der Waals surface area contributed by atoms with E-state index >= 15 is 0 Å². The van der Waals surface area contributed by atoms with Crippen molar-refractivity contribution in [3.05, 3.63) is 40.1 Å². The van der Waals surface area contributed by atoms with Crippen LogP contribution in [-0.2, 0) is 0 Å². The monoisotopic (exact) mass is 332 g/mol. The van der Waals surface area contributed by atoms with Crippen molar-refractivity contribution in [2.75, 3.05) is 18.5 Å². The second kappa shape index (κ2) is 6.31. The van der Waals surface area contributed by atoms with Gasteiger partial charge in [0.25, 0.3) is 0 Å². The Kier molecular flexibility index (Phi) is 4.04. The third-order valence-electron chi connectivity index (χ3n) is 3.04. The van der Waals surface area contributed by atoms with Gasteiger partial charge in [-0.25, -0.2) is 18.4 Å². The van der Waals surface area contributed by atoms with Crippen LogP contribution in [-0.4, -0.2) is 38.3 Å². The van der Waals surface area contributed by atoms with Gasteiger partial charge in [0.1, 0.15) is 11.9 Å². The summed E-state index contributed by atoms with van der Waals surface area (Å²) in [4.78, 5) is 12.0. The first kappa shape index (κ1) is 15.4. The Morgan fingerprint density at radius 2 is 2.21 bits per heavy atom. The minimum absolute atomic E-state index is 0.0529. The highest BCUT2D eigenvalue weighted by atomic mass is 19.1. The highest BCUT2D eigenvalue weighted by Crippen LogP contribution is 2.24. The van der Waals surface area contributed by atoms with Gasteiger partial charge in [0.15, 0.2) is 5.69 Å². The number of halogens is 1. The number of nitrogens with zero attached hydrogens (tertiary/aromatic N) is 5. The van der Waals surface area contributed by atoms with Crippen LogP contribution in [0.25, 0.3) is 17.2 Å². The van der Waals surface area contributed by atoms with Gasteiger partial charge in [-0.1, -0.05) is 5.16 Å². The summed E-state index contributed by atoms with van der Waals surface area (Å²) in [6.07, 6.45) is 0. The van der Waals surface area contributed by atoms with E-state index in [1.807, 2.05) is 0 Å². The molecule has 2 heterocycles. The largest absolute Gasteiger partial charge is 0.446 e. The van der Waals surface area contributed by atoms with Crippen LogP contribution in [0.15, 0.2) is 32.1 Å².